The minimum absolute atomic E-state index is 0.149. The van der Waals surface area contributed by atoms with E-state index in [2.05, 4.69) is 31.1 Å². The average molecular weight is 395 g/mol. The fourth-order valence-electron chi connectivity index (χ4n) is 2.85. The van der Waals surface area contributed by atoms with E-state index in [0.29, 0.717) is 17.1 Å². The van der Waals surface area contributed by atoms with Gasteiger partial charge in [0.05, 0.1) is 10.6 Å². The van der Waals surface area contributed by atoms with E-state index in [9.17, 15) is 4.79 Å². The third kappa shape index (κ3) is 3.85. The van der Waals surface area contributed by atoms with Crippen LogP contribution in [0.15, 0.2) is 47.1 Å². The first kappa shape index (κ1) is 16.3. The van der Waals surface area contributed by atoms with E-state index < -0.39 is 0 Å². The lowest BCUT2D eigenvalue weighted by atomic mass is 10.2. The molecule has 4 nitrogen and oxygen atoms in total. The summed E-state index contributed by atoms with van der Waals surface area (Å²) in [6.45, 7) is 1.55. The number of nitrogens with one attached hydrogen (secondary N) is 1. The van der Waals surface area contributed by atoms with Gasteiger partial charge in [0.25, 0.3) is 5.91 Å². The molecule has 1 aromatic carbocycles. The maximum atomic E-state index is 12.4. The molecular formula is C17H17BrClN3O. The SMILES string of the molecule is O=C(NC[C@H]1CCCN1c1ccccn1)c1cc(Br)ccc1Cl. The number of hydrogen-bond acceptors (Lipinski definition) is 3. The number of aromatic nitrogens is 1. The highest BCUT2D eigenvalue weighted by Gasteiger charge is 2.26. The number of nitrogens with zero attached hydrogens (tertiary/aromatic N) is 2. The first-order chi connectivity index (χ1) is 11.1. The topological polar surface area (TPSA) is 45.2 Å². The Morgan fingerprint density at radius 2 is 2.26 bits per heavy atom. The van der Waals surface area contributed by atoms with Gasteiger partial charge >= 0.3 is 0 Å². The van der Waals surface area contributed by atoms with Crippen molar-refractivity contribution < 1.29 is 4.79 Å². The largest absolute Gasteiger partial charge is 0.352 e. The molecule has 1 saturated heterocycles. The number of carbonyl (C=O) groups is 1. The number of rotatable bonds is 4. The molecule has 1 aliphatic rings. The molecule has 6 heteroatoms. The predicted molar refractivity (Wildman–Crippen MR) is 96.1 cm³/mol. The summed E-state index contributed by atoms with van der Waals surface area (Å²) < 4.78 is 0.836. The summed E-state index contributed by atoms with van der Waals surface area (Å²) in [4.78, 5) is 19.0. The Bertz CT molecular complexity index is 695. The highest BCUT2D eigenvalue weighted by Crippen LogP contribution is 2.24. The highest BCUT2D eigenvalue weighted by atomic mass is 79.9. The number of amides is 1. The monoisotopic (exact) mass is 393 g/mol. The van der Waals surface area contributed by atoms with Crippen molar-refractivity contribution in [1.82, 2.24) is 10.3 Å². The summed E-state index contributed by atoms with van der Waals surface area (Å²) in [5.74, 6) is 0.814. The summed E-state index contributed by atoms with van der Waals surface area (Å²) in [5.41, 5.74) is 0.489. The van der Waals surface area contributed by atoms with Crippen molar-refractivity contribution in [3.05, 3.63) is 57.7 Å². The molecule has 1 aromatic heterocycles. The van der Waals surface area contributed by atoms with Crippen LogP contribution in [-0.2, 0) is 0 Å². The molecule has 0 bridgehead atoms. The van der Waals surface area contributed by atoms with E-state index in [1.54, 1.807) is 18.3 Å². The number of benzene rings is 1. The summed E-state index contributed by atoms with van der Waals surface area (Å²) in [6.07, 6.45) is 3.95. The smallest absolute Gasteiger partial charge is 0.252 e. The second-order valence-electron chi connectivity index (χ2n) is 5.51. The van der Waals surface area contributed by atoms with Crippen molar-refractivity contribution in [2.75, 3.05) is 18.0 Å². The molecule has 0 spiro atoms. The summed E-state index contributed by atoms with van der Waals surface area (Å²) >= 11 is 9.48. The molecule has 23 heavy (non-hydrogen) atoms. The van der Waals surface area contributed by atoms with Gasteiger partial charge in [-0.05, 0) is 43.2 Å². The molecule has 1 N–H and O–H groups in total. The molecule has 2 aromatic rings. The fraction of sp³-hybridized carbons (Fsp3) is 0.294. The summed E-state index contributed by atoms with van der Waals surface area (Å²) in [7, 11) is 0. The maximum Gasteiger partial charge on any atom is 0.252 e. The van der Waals surface area contributed by atoms with Crippen LogP contribution in [0.25, 0.3) is 0 Å². The van der Waals surface area contributed by atoms with Crippen LogP contribution in [0.1, 0.15) is 23.2 Å². The van der Waals surface area contributed by atoms with Gasteiger partial charge in [0.1, 0.15) is 5.82 Å². The lowest BCUT2D eigenvalue weighted by Gasteiger charge is -2.26. The van der Waals surface area contributed by atoms with E-state index in [4.69, 9.17) is 11.6 Å². The fourth-order valence-corrected chi connectivity index (χ4v) is 3.41. The van der Waals surface area contributed by atoms with Gasteiger partial charge in [0.15, 0.2) is 0 Å². The Hall–Kier alpha value is -1.59. The van der Waals surface area contributed by atoms with Gasteiger partial charge < -0.3 is 10.2 Å². The number of pyridine rings is 1. The zero-order valence-corrected chi connectivity index (χ0v) is 14.8. The lowest BCUT2D eigenvalue weighted by Crippen LogP contribution is -2.40. The molecule has 1 atom stereocenters. The van der Waals surface area contributed by atoms with Crippen LogP contribution < -0.4 is 10.2 Å². The van der Waals surface area contributed by atoms with Crippen molar-refractivity contribution in [3.8, 4) is 0 Å². The molecule has 0 saturated carbocycles. The third-order valence-corrected chi connectivity index (χ3v) is 4.81. The maximum absolute atomic E-state index is 12.4. The molecule has 3 rings (SSSR count). The standard InChI is InChI=1S/C17H17BrClN3O/c18-12-6-7-15(19)14(10-12)17(23)21-11-13-4-3-9-22(13)16-5-1-2-8-20-16/h1-2,5-8,10,13H,3-4,9,11H2,(H,21,23)/t13-/m1/s1. The normalized spacial score (nSPS) is 17.3. The van der Waals surface area contributed by atoms with Crippen molar-refractivity contribution in [1.29, 1.82) is 0 Å². The Morgan fingerprint density at radius 3 is 3.04 bits per heavy atom. The summed E-state index contributed by atoms with van der Waals surface area (Å²) in [5, 5.41) is 3.45. The number of anilines is 1. The minimum Gasteiger partial charge on any atom is -0.352 e. The van der Waals surface area contributed by atoms with Gasteiger partial charge in [-0.3, -0.25) is 4.79 Å². The Kier molecular flexibility index (Phi) is 5.18. The first-order valence-electron chi connectivity index (χ1n) is 7.56. The average Bonchev–Trinajstić information content (AvgIpc) is 3.04. The van der Waals surface area contributed by atoms with Gasteiger partial charge in [0.2, 0.25) is 0 Å². The van der Waals surface area contributed by atoms with E-state index in [1.807, 2.05) is 24.3 Å². The molecule has 120 valence electrons. The van der Waals surface area contributed by atoms with Crippen molar-refractivity contribution in [3.63, 3.8) is 0 Å². The minimum atomic E-state index is -0.149. The van der Waals surface area contributed by atoms with Crippen LogP contribution in [-0.4, -0.2) is 30.0 Å². The van der Waals surface area contributed by atoms with E-state index in [1.165, 1.54) is 0 Å². The lowest BCUT2D eigenvalue weighted by molar-refractivity contribution is 0.0951. The van der Waals surface area contributed by atoms with Gasteiger partial charge in [-0.1, -0.05) is 33.6 Å². The van der Waals surface area contributed by atoms with Crippen LogP contribution in [0, 0.1) is 0 Å². The Morgan fingerprint density at radius 1 is 1.39 bits per heavy atom. The molecule has 0 aliphatic carbocycles. The summed E-state index contributed by atoms with van der Waals surface area (Å²) in [6, 6.07) is 11.4. The second-order valence-corrected chi connectivity index (χ2v) is 6.83. The van der Waals surface area contributed by atoms with Crippen LogP contribution in [0.4, 0.5) is 5.82 Å². The van der Waals surface area contributed by atoms with Crippen molar-refractivity contribution in [2.45, 2.75) is 18.9 Å². The third-order valence-electron chi connectivity index (χ3n) is 3.99. The molecule has 0 radical (unpaired) electrons. The zero-order valence-electron chi connectivity index (χ0n) is 12.5. The van der Waals surface area contributed by atoms with Gasteiger partial charge in [-0.2, -0.15) is 0 Å². The molecular weight excluding hydrogens is 378 g/mol. The molecule has 1 amide bonds. The van der Waals surface area contributed by atoms with E-state index in [0.717, 1.165) is 29.7 Å². The first-order valence-corrected chi connectivity index (χ1v) is 8.73. The molecule has 1 fully saturated rings. The van der Waals surface area contributed by atoms with Gasteiger partial charge in [-0.15, -0.1) is 0 Å². The van der Waals surface area contributed by atoms with E-state index >= 15 is 0 Å². The van der Waals surface area contributed by atoms with Crippen LogP contribution in [0.2, 0.25) is 5.02 Å². The van der Waals surface area contributed by atoms with Crippen molar-refractivity contribution >= 4 is 39.3 Å². The molecule has 0 unspecified atom stereocenters. The number of hydrogen-bond donors (Lipinski definition) is 1. The Labute approximate surface area is 149 Å². The Balaban J connectivity index is 1.65. The molecule has 1 aliphatic heterocycles. The number of carbonyl (C=O) groups excluding carboxylic acids is 1. The highest BCUT2D eigenvalue weighted by molar-refractivity contribution is 9.10. The van der Waals surface area contributed by atoms with Crippen LogP contribution in [0.3, 0.4) is 0 Å². The predicted octanol–water partition coefficient (Wildman–Crippen LogP) is 3.90. The van der Waals surface area contributed by atoms with Crippen LogP contribution in [0.5, 0.6) is 0 Å². The van der Waals surface area contributed by atoms with Crippen molar-refractivity contribution in [2.24, 2.45) is 0 Å². The quantitative estimate of drug-likeness (QED) is 0.855. The van der Waals surface area contributed by atoms with E-state index in [-0.39, 0.29) is 11.9 Å². The zero-order chi connectivity index (χ0) is 16.2. The number of halogens is 2. The van der Waals surface area contributed by atoms with Crippen LogP contribution >= 0.6 is 27.5 Å². The van der Waals surface area contributed by atoms with Gasteiger partial charge in [0, 0.05) is 29.8 Å². The van der Waals surface area contributed by atoms with Gasteiger partial charge in [-0.25, -0.2) is 4.98 Å². The molecule has 2 heterocycles. The second kappa shape index (κ2) is 7.32.